The Labute approximate surface area is 108 Å². The van der Waals surface area contributed by atoms with Crippen LogP contribution in [-0.2, 0) is 0 Å². The minimum absolute atomic E-state index is 0.163. The quantitative estimate of drug-likeness (QED) is 0.877. The molecule has 94 valence electrons. The average molecular weight is 242 g/mol. The van der Waals surface area contributed by atoms with Crippen LogP contribution in [0.5, 0.6) is 5.75 Å². The van der Waals surface area contributed by atoms with Gasteiger partial charge in [-0.3, -0.25) is 4.98 Å². The van der Waals surface area contributed by atoms with Gasteiger partial charge in [-0.05, 0) is 23.6 Å². The lowest BCUT2D eigenvalue weighted by atomic mass is 10.0. The lowest BCUT2D eigenvalue weighted by molar-refractivity contribution is 0.315. The lowest BCUT2D eigenvalue weighted by Gasteiger charge is -2.13. The third-order valence-corrected chi connectivity index (χ3v) is 2.72. The van der Waals surface area contributed by atoms with Gasteiger partial charge in [-0.25, -0.2) is 0 Å². The summed E-state index contributed by atoms with van der Waals surface area (Å²) in [4.78, 5) is 4.18. The van der Waals surface area contributed by atoms with Gasteiger partial charge in [-0.2, -0.15) is 0 Å². The van der Waals surface area contributed by atoms with Crippen LogP contribution in [0.15, 0.2) is 48.8 Å². The SMILES string of the molecule is CCCOc1cncc(C(N)c2ccccc2)c1. The Balaban J connectivity index is 2.17. The van der Waals surface area contributed by atoms with E-state index in [4.69, 9.17) is 10.5 Å². The molecule has 0 aliphatic rings. The van der Waals surface area contributed by atoms with Crippen molar-refractivity contribution >= 4 is 0 Å². The van der Waals surface area contributed by atoms with Crippen LogP contribution >= 0.6 is 0 Å². The van der Waals surface area contributed by atoms with Crippen LogP contribution in [0.3, 0.4) is 0 Å². The van der Waals surface area contributed by atoms with Crippen molar-refractivity contribution < 1.29 is 4.74 Å². The van der Waals surface area contributed by atoms with E-state index in [1.54, 1.807) is 12.4 Å². The molecule has 0 radical (unpaired) electrons. The molecule has 0 bridgehead atoms. The molecule has 0 saturated carbocycles. The number of hydrogen-bond acceptors (Lipinski definition) is 3. The average Bonchev–Trinajstić information content (AvgIpc) is 2.45. The first-order chi connectivity index (χ1) is 8.81. The van der Waals surface area contributed by atoms with Crippen molar-refractivity contribution in [2.75, 3.05) is 6.61 Å². The van der Waals surface area contributed by atoms with Crippen molar-refractivity contribution in [2.45, 2.75) is 19.4 Å². The Hall–Kier alpha value is -1.87. The zero-order valence-corrected chi connectivity index (χ0v) is 10.5. The van der Waals surface area contributed by atoms with Crippen LogP contribution < -0.4 is 10.5 Å². The molecule has 1 aromatic carbocycles. The topological polar surface area (TPSA) is 48.1 Å². The van der Waals surface area contributed by atoms with Gasteiger partial charge in [-0.15, -0.1) is 0 Å². The van der Waals surface area contributed by atoms with Crippen molar-refractivity contribution in [3.63, 3.8) is 0 Å². The minimum Gasteiger partial charge on any atom is -0.492 e. The third-order valence-electron chi connectivity index (χ3n) is 2.72. The van der Waals surface area contributed by atoms with Gasteiger partial charge >= 0.3 is 0 Å². The molecule has 1 atom stereocenters. The number of rotatable bonds is 5. The molecule has 3 heteroatoms. The van der Waals surface area contributed by atoms with Crippen LogP contribution in [-0.4, -0.2) is 11.6 Å². The fourth-order valence-electron chi connectivity index (χ4n) is 1.76. The molecule has 0 fully saturated rings. The lowest BCUT2D eigenvalue weighted by Crippen LogP contribution is -2.12. The summed E-state index contributed by atoms with van der Waals surface area (Å²) in [7, 11) is 0. The molecule has 1 heterocycles. The molecule has 0 aliphatic heterocycles. The van der Waals surface area contributed by atoms with Crippen LogP contribution in [0.25, 0.3) is 0 Å². The number of ether oxygens (including phenoxy) is 1. The Morgan fingerprint density at radius 2 is 1.94 bits per heavy atom. The van der Waals surface area contributed by atoms with Gasteiger partial charge in [0.15, 0.2) is 0 Å². The number of benzene rings is 1. The molecule has 3 nitrogen and oxygen atoms in total. The van der Waals surface area contributed by atoms with E-state index in [-0.39, 0.29) is 6.04 Å². The van der Waals surface area contributed by atoms with Crippen LogP contribution in [0.1, 0.15) is 30.5 Å². The highest BCUT2D eigenvalue weighted by Gasteiger charge is 2.09. The van der Waals surface area contributed by atoms with Crippen LogP contribution in [0, 0.1) is 0 Å². The molecule has 2 rings (SSSR count). The molecule has 0 amide bonds. The first-order valence-electron chi connectivity index (χ1n) is 6.19. The molecule has 18 heavy (non-hydrogen) atoms. The largest absolute Gasteiger partial charge is 0.492 e. The van der Waals surface area contributed by atoms with E-state index >= 15 is 0 Å². The van der Waals surface area contributed by atoms with Gasteiger partial charge < -0.3 is 10.5 Å². The Kier molecular flexibility index (Phi) is 4.31. The first-order valence-corrected chi connectivity index (χ1v) is 6.19. The van der Waals surface area contributed by atoms with Crippen molar-refractivity contribution in [1.29, 1.82) is 0 Å². The van der Waals surface area contributed by atoms with E-state index in [1.165, 1.54) is 0 Å². The molecule has 1 unspecified atom stereocenters. The summed E-state index contributed by atoms with van der Waals surface area (Å²) >= 11 is 0. The zero-order chi connectivity index (χ0) is 12.8. The maximum absolute atomic E-state index is 6.22. The van der Waals surface area contributed by atoms with E-state index in [2.05, 4.69) is 11.9 Å². The highest BCUT2D eigenvalue weighted by molar-refractivity contribution is 5.33. The zero-order valence-electron chi connectivity index (χ0n) is 10.5. The molecule has 0 spiro atoms. The standard InChI is InChI=1S/C15H18N2O/c1-2-8-18-14-9-13(10-17-11-14)15(16)12-6-4-3-5-7-12/h3-7,9-11,15H,2,8,16H2,1H3. The summed E-state index contributed by atoms with van der Waals surface area (Å²) in [5.41, 5.74) is 8.26. The molecule has 0 saturated heterocycles. The number of aromatic nitrogens is 1. The molecule has 2 aromatic rings. The highest BCUT2D eigenvalue weighted by atomic mass is 16.5. The van der Waals surface area contributed by atoms with Crippen molar-refractivity contribution in [3.8, 4) is 5.75 Å². The Bertz CT molecular complexity index is 485. The minimum atomic E-state index is -0.163. The first kappa shape index (κ1) is 12.6. The molecular formula is C15H18N2O. The second-order valence-corrected chi connectivity index (χ2v) is 4.19. The normalized spacial score (nSPS) is 12.1. The van der Waals surface area contributed by atoms with Gasteiger partial charge in [-0.1, -0.05) is 37.3 Å². The fourth-order valence-corrected chi connectivity index (χ4v) is 1.76. The summed E-state index contributed by atoms with van der Waals surface area (Å²) in [6, 6.07) is 11.8. The van der Waals surface area contributed by atoms with E-state index in [0.717, 1.165) is 23.3 Å². The monoisotopic (exact) mass is 242 g/mol. The number of pyridine rings is 1. The predicted octanol–water partition coefficient (Wildman–Crippen LogP) is 2.92. The summed E-state index contributed by atoms with van der Waals surface area (Å²) in [5, 5.41) is 0. The predicted molar refractivity (Wildman–Crippen MR) is 72.5 cm³/mol. The highest BCUT2D eigenvalue weighted by Crippen LogP contribution is 2.21. The van der Waals surface area contributed by atoms with Crippen LogP contribution in [0.2, 0.25) is 0 Å². The molecular weight excluding hydrogens is 224 g/mol. The summed E-state index contributed by atoms with van der Waals surface area (Å²) < 4.78 is 5.56. The smallest absolute Gasteiger partial charge is 0.137 e. The maximum atomic E-state index is 6.22. The van der Waals surface area contributed by atoms with Gasteiger partial charge in [0, 0.05) is 6.20 Å². The van der Waals surface area contributed by atoms with Crippen molar-refractivity contribution in [3.05, 3.63) is 59.9 Å². The Morgan fingerprint density at radius 3 is 2.67 bits per heavy atom. The number of hydrogen-bond donors (Lipinski definition) is 1. The van der Waals surface area contributed by atoms with Gasteiger partial charge in [0.2, 0.25) is 0 Å². The van der Waals surface area contributed by atoms with E-state index in [9.17, 15) is 0 Å². The van der Waals surface area contributed by atoms with Crippen molar-refractivity contribution in [1.82, 2.24) is 4.98 Å². The second-order valence-electron chi connectivity index (χ2n) is 4.19. The Morgan fingerprint density at radius 1 is 1.17 bits per heavy atom. The molecule has 1 aromatic heterocycles. The summed E-state index contributed by atoms with van der Waals surface area (Å²) in [6.45, 7) is 2.78. The van der Waals surface area contributed by atoms with Gasteiger partial charge in [0.25, 0.3) is 0 Å². The van der Waals surface area contributed by atoms with Crippen molar-refractivity contribution in [2.24, 2.45) is 5.73 Å². The van der Waals surface area contributed by atoms with E-state index in [0.29, 0.717) is 6.61 Å². The van der Waals surface area contributed by atoms with Gasteiger partial charge in [0.1, 0.15) is 5.75 Å². The van der Waals surface area contributed by atoms with Crippen LogP contribution in [0.4, 0.5) is 0 Å². The summed E-state index contributed by atoms with van der Waals surface area (Å²) in [5.74, 6) is 0.778. The fraction of sp³-hybridized carbons (Fsp3) is 0.267. The molecule has 2 N–H and O–H groups in total. The van der Waals surface area contributed by atoms with Gasteiger partial charge in [0.05, 0.1) is 18.8 Å². The second kappa shape index (κ2) is 6.17. The third kappa shape index (κ3) is 3.08. The maximum Gasteiger partial charge on any atom is 0.137 e. The van der Waals surface area contributed by atoms with E-state index < -0.39 is 0 Å². The number of nitrogens with two attached hydrogens (primary N) is 1. The molecule has 0 aliphatic carbocycles. The summed E-state index contributed by atoms with van der Waals surface area (Å²) in [6.07, 6.45) is 4.49. The van der Waals surface area contributed by atoms with E-state index in [1.807, 2.05) is 36.4 Å². The number of nitrogens with zero attached hydrogens (tertiary/aromatic N) is 1.